The van der Waals surface area contributed by atoms with Gasteiger partial charge in [-0.25, -0.2) is 0 Å². The van der Waals surface area contributed by atoms with E-state index in [0.29, 0.717) is 0 Å². The van der Waals surface area contributed by atoms with Gasteiger partial charge in [-0.3, -0.25) is 0 Å². The van der Waals surface area contributed by atoms with E-state index < -0.39 is 0 Å². The van der Waals surface area contributed by atoms with Crippen molar-refractivity contribution in [2.75, 3.05) is 7.05 Å². The lowest BCUT2D eigenvalue weighted by Crippen LogP contribution is -2.31. The molecule has 1 N–H and O–H groups in total. The molecule has 0 saturated heterocycles. The Kier molecular flexibility index (Phi) is 2.03. The molecule has 1 heteroatoms. The van der Waals surface area contributed by atoms with Crippen LogP contribution in [0.2, 0.25) is 0 Å². The van der Waals surface area contributed by atoms with Crippen molar-refractivity contribution < 1.29 is 0 Å². The molecule has 4 rings (SSSR count). The fraction of sp³-hybridized carbons (Fsp3) is 0.867. The van der Waals surface area contributed by atoms with E-state index in [4.69, 9.17) is 0 Å². The van der Waals surface area contributed by atoms with Gasteiger partial charge in [-0.05, 0) is 75.2 Å². The first-order valence-electron chi connectivity index (χ1n) is 7.26. The van der Waals surface area contributed by atoms with Crippen molar-refractivity contribution in [2.24, 2.45) is 29.6 Å². The lowest BCUT2D eigenvalue weighted by molar-refractivity contribution is 0.402. The molecule has 4 aliphatic rings. The van der Waals surface area contributed by atoms with E-state index in [1.54, 1.807) is 24.8 Å². The molecule has 0 aromatic heterocycles. The predicted octanol–water partition coefficient (Wildman–Crippen LogP) is 2.98. The van der Waals surface area contributed by atoms with Crippen molar-refractivity contribution in [1.29, 1.82) is 0 Å². The number of hydrogen-bond acceptors (Lipinski definition) is 1. The summed E-state index contributed by atoms with van der Waals surface area (Å²) in [5, 5.41) is 3.64. The number of fused-ring (bicyclic) bond motifs is 5. The largest absolute Gasteiger partial charge is 0.313 e. The van der Waals surface area contributed by atoms with Crippen molar-refractivity contribution in [1.82, 2.24) is 5.32 Å². The minimum absolute atomic E-state index is 0.751. The minimum Gasteiger partial charge on any atom is -0.313 e. The maximum absolute atomic E-state index is 3.64. The number of allylic oxidation sites excluding steroid dienone is 1. The Morgan fingerprint density at radius 3 is 2.56 bits per heavy atom. The van der Waals surface area contributed by atoms with Gasteiger partial charge >= 0.3 is 0 Å². The molecule has 3 fully saturated rings. The van der Waals surface area contributed by atoms with Crippen LogP contribution >= 0.6 is 0 Å². The van der Waals surface area contributed by atoms with Gasteiger partial charge in [0, 0.05) is 6.04 Å². The van der Waals surface area contributed by atoms with Gasteiger partial charge in [0.25, 0.3) is 0 Å². The second-order valence-corrected chi connectivity index (χ2v) is 6.50. The van der Waals surface area contributed by atoms with Crippen molar-refractivity contribution in [2.45, 2.75) is 44.6 Å². The Labute approximate surface area is 98.7 Å². The molecule has 16 heavy (non-hydrogen) atoms. The molecular formula is C15H23N. The minimum atomic E-state index is 0.751. The van der Waals surface area contributed by atoms with Gasteiger partial charge in [-0.1, -0.05) is 11.6 Å². The summed E-state index contributed by atoms with van der Waals surface area (Å²) in [5.41, 5.74) is 1.75. The van der Waals surface area contributed by atoms with Crippen LogP contribution in [0.25, 0.3) is 0 Å². The van der Waals surface area contributed by atoms with Crippen LogP contribution in [0.15, 0.2) is 11.6 Å². The first-order chi connectivity index (χ1) is 7.90. The molecule has 5 unspecified atom stereocenters. The van der Waals surface area contributed by atoms with E-state index in [2.05, 4.69) is 18.4 Å². The summed E-state index contributed by atoms with van der Waals surface area (Å²) in [6, 6.07) is 0.751. The maximum atomic E-state index is 3.64. The Bertz CT molecular complexity index is 316. The van der Waals surface area contributed by atoms with Crippen LogP contribution in [-0.4, -0.2) is 13.1 Å². The number of hydrogen-bond donors (Lipinski definition) is 1. The van der Waals surface area contributed by atoms with E-state index in [9.17, 15) is 0 Å². The van der Waals surface area contributed by atoms with E-state index >= 15 is 0 Å². The normalized spacial score (nSPS) is 50.3. The van der Waals surface area contributed by atoms with Crippen LogP contribution in [0.5, 0.6) is 0 Å². The summed E-state index contributed by atoms with van der Waals surface area (Å²) in [4.78, 5) is 0. The van der Waals surface area contributed by atoms with Gasteiger partial charge < -0.3 is 5.32 Å². The highest BCUT2D eigenvalue weighted by atomic mass is 14.9. The Hall–Kier alpha value is -0.300. The van der Waals surface area contributed by atoms with Crippen LogP contribution in [0.3, 0.4) is 0 Å². The van der Waals surface area contributed by atoms with Gasteiger partial charge in [-0.2, -0.15) is 0 Å². The lowest BCUT2D eigenvalue weighted by atomic mass is 9.92. The first kappa shape index (κ1) is 9.70. The number of nitrogens with one attached hydrogen (secondary N) is 1. The molecule has 4 aliphatic carbocycles. The van der Waals surface area contributed by atoms with Gasteiger partial charge in [0.05, 0.1) is 0 Å². The van der Waals surface area contributed by atoms with Gasteiger partial charge in [0.15, 0.2) is 0 Å². The molecule has 1 nitrogen and oxygen atoms in total. The lowest BCUT2D eigenvalue weighted by Gasteiger charge is -2.21. The fourth-order valence-electron chi connectivity index (χ4n) is 5.44. The predicted molar refractivity (Wildman–Crippen MR) is 66.1 cm³/mol. The molecule has 0 aliphatic heterocycles. The van der Waals surface area contributed by atoms with Crippen molar-refractivity contribution in [3.63, 3.8) is 0 Å². The topological polar surface area (TPSA) is 12.0 Å². The zero-order valence-electron chi connectivity index (χ0n) is 10.3. The van der Waals surface area contributed by atoms with E-state index in [1.165, 1.54) is 19.3 Å². The number of likely N-dealkylation sites (N-methyl/N-ethyl adjacent to an activating group) is 1. The molecule has 88 valence electrons. The van der Waals surface area contributed by atoms with Crippen LogP contribution < -0.4 is 5.32 Å². The summed E-state index contributed by atoms with van der Waals surface area (Å²) in [7, 11) is 2.18. The molecule has 0 spiro atoms. The summed E-state index contributed by atoms with van der Waals surface area (Å²) < 4.78 is 0. The fourth-order valence-corrected chi connectivity index (χ4v) is 5.44. The Morgan fingerprint density at radius 2 is 2.00 bits per heavy atom. The molecule has 5 atom stereocenters. The second-order valence-electron chi connectivity index (χ2n) is 6.50. The van der Waals surface area contributed by atoms with E-state index in [-0.39, 0.29) is 0 Å². The molecular weight excluding hydrogens is 194 g/mol. The van der Waals surface area contributed by atoms with Gasteiger partial charge in [0.2, 0.25) is 0 Å². The summed E-state index contributed by atoms with van der Waals surface area (Å²) in [5.74, 6) is 5.52. The van der Waals surface area contributed by atoms with Gasteiger partial charge in [-0.15, -0.1) is 0 Å². The standard InChI is InChI=1S/C15H23N/c1-16-15(9-4-2-3-5-9)14-12-10-6-7-11(8-10)13(12)14/h4,10-16H,2-3,5-8H2,1H3. The van der Waals surface area contributed by atoms with Gasteiger partial charge in [0.1, 0.15) is 0 Å². The highest BCUT2D eigenvalue weighted by Crippen LogP contribution is 2.70. The van der Waals surface area contributed by atoms with Crippen molar-refractivity contribution in [3.8, 4) is 0 Å². The smallest absolute Gasteiger partial charge is 0.0310 e. The van der Waals surface area contributed by atoms with E-state index in [0.717, 1.165) is 35.6 Å². The zero-order chi connectivity index (χ0) is 10.7. The third-order valence-corrected chi connectivity index (χ3v) is 5.97. The van der Waals surface area contributed by atoms with Crippen LogP contribution in [0.4, 0.5) is 0 Å². The zero-order valence-corrected chi connectivity index (χ0v) is 10.3. The molecule has 0 amide bonds. The Balaban J connectivity index is 1.54. The first-order valence-corrected chi connectivity index (χ1v) is 7.26. The third-order valence-electron chi connectivity index (χ3n) is 5.97. The summed E-state index contributed by atoms with van der Waals surface area (Å²) in [6.07, 6.45) is 11.3. The second kappa shape index (κ2) is 3.35. The average molecular weight is 217 g/mol. The highest BCUT2D eigenvalue weighted by Gasteiger charge is 2.66. The van der Waals surface area contributed by atoms with Crippen LogP contribution in [0.1, 0.15) is 38.5 Å². The van der Waals surface area contributed by atoms with Crippen molar-refractivity contribution in [3.05, 3.63) is 11.6 Å². The molecule has 2 bridgehead atoms. The summed E-state index contributed by atoms with van der Waals surface area (Å²) in [6.45, 7) is 0. The third kappa shape index (κ3) is 1.16. The number of rotatable bonds is 3. The monoisotopic (exact) mass is 217 g/mol. The molecule has 0 radical (unpaired) electrons. The maximum Gasteiger partial charge on any atom is 0.0310 e. The quantitative estimate of drug-likeness (QED) is 0.717. The molecule has 0 heterocycles. The van der Waals surface area contributed by atoms with Crippen LogP contribution in [0, 0.1) is 29.6 Å². The molecule has 3 saturated carbocycles. The highest BCUT2D eigenvalue weighted by molar-refractivity contribution is 5.25. The average Bonchev–Trinajstić information content (AvgIpc) is 2.78. The molecule has 0 aromatic rings. The van der Waals surface area contributed by atoms with Crippen molar-refractivity contribution >= 4 is 0 Å². The molecule has 0 aromatic carbocycles. The summed E-state index contributed by atoms with van der Waals surface area (Å²) >= 11 is 0. The SMILES string of the molecule is CNC(C1=CCCC1)C1C2C3CCC(C3)C21. The van der Waals surface area contributed by atoms with Crippen LogP contribution in [-0.2, 0) is 0 Å². The Morgan fingerprint density at radius 1 is 1.25 bits per heavy atom. The van der Waals surface area contributed by atoms with E-state index in [1.807, 2.05) is 0 Å².